The first-order valence-corrected chi connectivity index (χ1v) is 6.07. The van der Waals surface area contributed by atoms with Gasteiger partial charge in [-0.15, -0.1) is 0 Å². The second-order valence-electron chi connectivity index (χ2n) is 3.27. The van der Waals surface area contributed by atoms with E-state index in [1.54, 1.807) is 0 Å². The maximum absolute atomic E-state index is 8.89. The molecule has 96 valence electrons. The van der Waals surface area contributed by atoms with Gasteiger partial charge in [-0.25, -0.2) is 0 Å². The number of hydrogen-bond donors (Lipinski definition) is 0. The van der Waals surface area contributed by atoms with E-state index < -0.39 is 5.97 Å². The van der Waals surface area contributed by atoms with E-state index in [4.69, 9.17) is 9.90 Å². The van der Waals surface area contributed by atoms with Gasteiger partial charge < -0.3 is 15.4 Å². The number of carboxylic acids is 1. The third-order valence-electron chi connectivity index (χ3n) is 1.77. The van der Waals surface area contributed by atoms with Crippen molar-refractivity contribution >= 4 is 17.7 Å². The van der Waals surface area contributed by atoms with Crippen LogP contribution in [-0.4, -0.2) is 11.4 Å². The van der Waals surface area contributed by atoms with Gasteiger partial charge in [-0.05, 0) is 31.2 Å². The van der Waals surface area contributed by atoms with Gasteiger partial charge in [-0.2, -0.15) is 0 Å². The van der Waals surface area contributed by atoms with Crippen LogP contribution in [0.25, 0.3) is 0 Å². The predicted molar refractivity (Wildman–Crippen MR) is 70.8 cm³/mol. The maximum atomic E-state index is 8.89. The van der Waals surface area contributed by atoms with Crippen LogP contribution in [0, 0.1) is 0 Å². The SMILES string of the molecule is CC(=O)[O-].[K+].[OH-].c1ccc([SH+]c2ccccc2)cc1. The molecule has 0 radical (unpaired) electrons. The average molecular weight is 302 g/mol. The van der Waals surface area contributed by atoms with E-state index in [2.05, 4.69) is 48.5 Å². The van der Waals surface area contributed by atoms with Crippen molar-refractivity contribution in [3.8, 4) is 0 Å². The Kier molecular flexibility index (Phi) is 14.3. The fourth-order valence-corrected chi connectivity index (χ4v) is 2.09. The molecule has 0 saturated carbocycles. The van der Waals surface area contributed by atoms with E-state index in [0.717, 1.165) is 6.92 Å². The Labute approximate surface area is 160 Å². The molecule has 0 aromatic heterocycles. The van der Waals surface area contributed by atoms with Gasteiger partial charge in [-0.1, -0.05) is 36.4 Å². The molecule has 1 N–H and O–H groups in total. The molecule has 0 amide bonds. The number of aliphatic carboxylic acids is 1. The van der Waals surface area contributed by atoms with Crippen LogP contribution in [0.4, 0.5) is 0 Å². The molecule has 0 aliphatic carbocycles. The first kappa shape index (κ1) is 21.2. The molecule has 3 nitrogen and oxygen atoms in total. The maximum Gasteiger partial charge on any atom is 1.00 e. The molecule has 0 atom stereocenters. The van der Waals surface area contributed by atoms with Crippen molar-refractivity contribution in [1.29, 1.82) is 0 Å². The van der Waals surface area contributed by atoms with Crippen molar-refractivity contribution in [3.63, 3.8) is 0 Å². The van der Waals surface area contributed by atoms with Gasteiger partial charge in [0.15, 0.2) is 9.79 Å². The summed E-state index contributed by atoms with van der Waals surface area (Å²) in [6.07, 6.45) is 0. The molecule has 0 fully saturated rings. The summed E-state index contributed by atoms with van der Waals surface area (Å²) in [5, 5.41) is 8.89. The third-order valence-corrected chi connectivity index (χ3v) is 2.88. The van der Waals surface area contributed by atoms with Gasteiger partial charge in [0.05, 0.1) is 0 Å². The Balaban J connectivity index is 0. The summed E-state index contributed by atoms with van der Waals surface area (Å²) in [4.78, 5) is 11.6. The summed E-state index contributed by atoms with van der Waals surface area (Å²) in [6, 6.07) is 21.0. The van der Waals surface area contributed by atoms with Crippen LogP contribution >= 0.6 is 0 Å². The number of thiol groups is 1. The number of carboxylic acid groups (broad SMARTS) is 1. The Morgan fingerprint density at radius 2 is 1.16 bits per heavy atom. The monoisotopic (exact) mass is 302 g/mol. The van der Waals surface area contributed by atoms with Gasteiger partial charge in [-0.3, -0.25) is 0 Å². The van der Waals surface area contributed by atoms with Crippen LogP contribution in [0.2, 0.25) is 0 Å². The number of hydrogen-bond acceptors (Lipinski definition) is 3. The minimum absolute atomic E-state index is 0. The Morgan fingerprint density at radius 1 is 0.895 bits per heavy atom. The fraction of sp³-hybridized carbons (Fsp3) is 0.0714. The summed E-state index contributed by atoms with van der Waals surface area (Å²) in [5.41, 5.74) is 0. The molecule has 0 aliphatic rings. The van der Waals surface area contributed by atoms with Gasteiger partial charge in [0.25, 0.3) is 0 Å². The second-order valence-corrected chi connectivity index (χ2v) is 4.53. The fourth-order valence-electron chi connectivity index (χ4n) is 1.15. The van der Waals surface area contributed by atoms with Crippen LogP contribution < -0.4 is 56.5 Å². The summed E-state index contributed by atoms with van der Waals surface area (Å²) >= 11 is 1.28. The molecule has 0 heterocycles. The minimum Gasteiger partial charge on any atom is -0.870 e. The topological polar surface area (TPSA) is 70.1 Å². The quantitative estimate of drug-likeness (QED) is 0.385. The van der Waals surface area contributed by atoms with E-state index in [1.807, 2.05) is 12.1 Å². The first-order valence-electron chi connectivity index (χ1n) is 5.18. The predicted octanol–water partition coefficient (Wildman–Crippen LogP) is -1.50. The molecular formula is C14H15KO3S. The van der Waals surface area contributed by atoms with E-state index in [1.165, 1.54) is 21.6 Å². The third kappa shape index (κ3) is 11.4. The largest absolute Gasteiger partial charge is 1.00 e. The van der Waals surface area contributed by atoms with Crippen LogP contribution in [0.3, 0.4) is 0 Å². The molecule has 0 unspecified atom stereocenters. The summed E-state index contributed by atoms with van der Waals surface area (Å²) < 4.78 is 0. The summed E-state index contributed by atoms with van der Waals surface area (Å²) in [5.74, 6) is -1.08. The molecule has 19 heavy (non-hydrogen) atoms. The first-order chi connectivity index (χ1) is 8.18. The number of rotatable bonds is 2. The van der Waals surface area contributed by atoms with Gasteiger partial charge in [0.1, 0.15) is 0 Å². The van der Waals surface area contributed by atoms with Crippen LogP contribution in [0.1, 0.15) is 6.92 Å². The van der Waals surface area contributed by atoms with Crippen molar-refractivity contribution in [2.24, 2.45) is 0 Å². The number of benzene rings is 2. The van der Waals surface area contributed by atoms with Crippen molar-refractivity contribution in [1.82, 2.24) is 0 Å². The van der Waals surface area contributed by atoms with Crippen LogP contribution in [0.15, 0.2) is 70.5 Å². The van der Waals surface area contributed by atoms with Crippen molar-refractivity contribution in [2.75, 3.05) is 0 Å². The minimum atomic E-state index is -1.08. The standard InChI is InChI=1S/C12H10S.C2H4O2.K.H2O/c1-3-7-11(8-4-1)13-12-9-5-2-6-10-12;1-2(3)4;;/h1-10H;1H3,(H,3,4);;1H2/q;;+1;/p-1. The molecule has 0 bridgehead atoms. The van der Waals surface area contributed by atoms with Crippen molar-refractivity contribution in [2.45, 2.75) is 16.7 Å². The average Bonchev–Trinajstić information content (AvgIpc) is 2.31. The van der Waals surface area contributed by atoms with E-state index in [-0.39, 0.29) is 56.9 Å². The Morgan fingerprint density at radius 3 is 1.42 bits per heavy atom. The number of carbonyl (C=O) groups excluding carboxylic acids is 1. The van der Waals surface area contributed by atoms with Gasteiger partial charge in [0, 0.05) is 17.7 Å². The zero-order chi connectivity index (χ0) is 12.5. The molecular weight excluding hydrogens is 287 g/mol. The van der Waals surface area contributed by atoms with Crippen molar-refractivity contribution < 1.29 is 66.8 Å². The zero-order valence-corrected chi connectivity index (χ0v) is 15.0. The molecule has 0 saturated heterocycles. The molecule has 2 rings (SSSR count). The summed E-state index contributed by atoms with van der Waals surface area (Å²) in [7, 11) is 0. The van der Waals surface area contributed by atoms with Crippen molar-refractivity contribution in [3.05, 3.63) is 60.7 Å². The summed E-state index contributed by atoms with van der Waals surface area (Å²) in [6.45, 7) is 0.972. The zero-order valence-electron chi connectivity index (χ0n) is 11.0. The molecule has 5 heteroatoms. The van der Waals surface area contributed by atoms with Gasteiger partial charge in [0.2, 0.25) is 0 Å². The van der Waals surface area contributed by atoms with Gasteiger partial charge >= 0.3 is 51.4 Å². The van der Waals surface area contributed by atoms with E-state index in [9.17, 15) is 0 Å². The van der Waals surface area contributed by atoms with Crippen LogP contribution in [0.5, 0.6) is 0 Å². The molecule has 0 aliphatic heterocycles. The molecule has 0 spiro atoms. The normalized spacial score (nSPS) is 8.05. The second kappa shape index (κ2) is 12.9. The molecule has 2 aromatic carbocycles. The Bertz CT molecular complexity index is 407. The van der Waals surface area contributed by atoms with E-state index in [0.29, 0.717) is 0 Å². The number of carbonyl (C=O) groups is 1. The van der Waals surface area contributed by atoms with E-state index >= 15 is 0 Å². The smallest absolute Gasteiger partial charge is 0.870 e. The van der Waals surface area contributed by atoms with Crippen LogP contribution in [-0.2, 0) is 16.6 Å². The molecule has 2 aromatic rings. The Hall–Kier alpha value is -0.144.